The Morgan fingerprint density at radius 2 is 1.72 bits per heavy atom. The van der Waals surface area contributed by atoms with Crippen molar-refractivity contribution in [2.24, 2.45) is 0 Å². The molecule has 2 amide bonds. The van der Waals surface area contributed by atoms with E-state index in [0.717, 1.165) is 22.3 Å². The number of hydrogen-bond donors (Lipinski definition) is 3. The van der Waals surface area contributed by atoms with Crippen molar-refractivity contribution in [1.29, 1.82) is 5.26 Å². The molecule has 36 heavy (non-hydrogen) atoms. The van der Waals surface area contributed by atoms with Crippen LogP contribution in [-0.2, 0) is 16.1 Å². The van der Waals surface area contributed by atoms with Crippen LogP contribution in [0.4, 0.5) is 0 Å². The zero-order valence-corrected chi connectivity index (χ0v) is 20.3. The predicted molar refractivity (Wildman–Crippen MR) is 135 cm³/mol. The molecule has 0 spiro atoms. The Kier molecular flexibility index (Phi) is 9.28. The highest BCUT2D eigenvalue weighted by Gasteiger charge is 2.35. The lowest BCUT2D eigenvalue weighted by molar-refractivity contribution is -0.155. The molecule has 8 nitrogen and oxygen atoms in total. The third-order valence-corrected chi connectivity index (χ3v) is 6.06. The lowest BCUT2D eigenvalue weighted by Gasteiger charge is -2.33. The van der Waals surface area contributed by atoms with Crippen LogP contribution in [0, 0.1) is 11.3 Å². The third-order valence-electron chi connectivity index (χ3n) is 6.06. The fraction of sp³-hybridized carbons (Fsp3) is 0.286. The van der Waals surface area contributed by atoms with Crippen molar-refractivity contribution in [3.05, 3.63) is 89.7 Å². The van der Waals surface area contributed by atoms with E-state index in [0.29, 0.717) is 18.5 Å². The van der Waals surface area contributed by atoms with Gasteiger partial charge in [0.2, 0.25) is 0 Å². The second-order valence-corrected chi connectivity index (χ2v) is 8.30. The first-order valence-electron chi connectivity index (χ1n) is 11.8. The maximum absolute atomic E-state index is 13.0. The Balaban J connectivity index is 1.62. The van der Waals surface area contributed by atoms with Gasteiger partial charge in [0.1, 0.15) is 6.07 Å². The van der Waals surface area contributed by atoms with E-state index < -0.39 is 24.0 Å². The molecule has 0 aliphatic rings. The number of nitrogens with one attached hydrogen (secondary N) is 1. The number of nitrogens with zero attached hydrogens (tertiary/aromatic N) is 3. The quantitative estimate of drug-likeness (QED) is 0.404. The maximum atomic E-state index is 13.0. The van der Waals surface area contributed by atoms with Gasteiger partial charge in [-0.25, -0.2) is 0 Å². The molecule has 3 rings (SSSR count). The van der Waals surface area contributed by atoms with Crippen molar-refractivity contribution in [2.75, 3.05) is 6.54 Å². The zero-order valence-electron chi connectivity index (χ0n) is 20.3. The van der Waals surface area contributed by atoms with Crippen molar-refractivity contribution in [1.82, 2.24) is 15.2 Å². The summed E-state index contributed by atoms with van der Waals surface area (Å²) in [4.78, 5) is 31.0. The molecule has 2 aromatic carbocycles. The minimum Gasteiger partial charge on any atom is -0.380 e. The summed E-state index contributed by atoms with van der Waals surface area (Å²) in [5, 5.41) is 32.8. The van der Waals surface area contributed by atoms with Gasteiger partial charge in [0.25, 0.3) is 11.8 Å². The van der Waals surface area contributed by atoms with Crippen molar-refractivity contribution in [2.45, 2.75) is 45.1 Å². The van der Waals surface area contributed by atoms with Crippen LogP contribution in [0.5, 0.6) is 0 Å². The maximum Gasteiger partial charge on any atom is 0.255 e. The van der Waals surface area contributed by atoms with Crippen LogP contribution < -0.4 is 5.32 Å². The molecule has 0 saturated carbocycles. The van der Waals surface area contributed by atoms with Gasteiger partial charge in [0.05, 0.1) is 11.6 Å². The molecule has 3 aromatic rings. The van der Waals surface area contributed by atoms with Crippen molar-refractivity contribution < 1.29 is 19.8 Å². The molecule has 1 heterocycles. The highest BCUT2D eigenvalue weighted by Crippen LogP contribution is 2.25. The van der Waals surface area contributed by atoms with Gasteiger partial charge >= 0.3 is 0 Å². The first-order valence-corrected chi connectivity index (χ1v) is 11.8. The number of aliphatic hydroxyl groups is 2. The number of carbonyl (C=O) groups excluding carboxylic acids is 2. The average molecular weight is 487 g/mol. The Morgan fingerprint density at radius 1 is 1.03 bits per heavy atom. The van der Waals surface area contributed by atoms with Gasteiger partial charge in [-0.1, -0.05) is 61.5 Å². The van der Waals surface area contributed by atoms with E-state index in [2.05, 4.69) is 16.4 Å². The second kappa shape index (κ2) is 12.6. The van der Waals surface area contributed by atoms with Crippen LogP contribution in [-0.4, -0.2) is 50.7 Å². The Hall–Kier alpha value is -4.06. The summed E-state index contributed by atoms with van der Waals surface area (Å²) in [6.45, 7) is 4.13. The number of nitriles is 1. The topological polar surface area (TPSA) is 127 Å². The lowest BCUT2D eigenvalue weighted by Crippen LogP contribution is -2.51. The lowest BCUT2D eigenvalue weighted by atomic mass is 10.0. The number of hydrogen-bond acceptors (Lipinski definition) is 6. The van der Waals surface area contributed by atoms with Crippen molar-refractivity contribution >= 4 is 11.8 Å². The standard InChI is InChI=1S/C28H30N4O4/c1-3-24(21-8-6-5-7-9-21)32(4-2)28(36)26(34)25(33)27(35)31-17-19-10-12-20(13-11-19)23-14-15-30-18-22(23)16-29/h5-15,18,24-26,33-34H,3-4,17H2,1-2H3,(H,31,35). The molecule has 0 radical (unpaired) electrons. The van der Waals surface area contributed by atoms with E-state index >= 15 is 0 Å². The van der Waals surface area contributed by atoms with Gasteiger partial charge in [-0.05, 0) is 36.1 Å². The SMILES string of the molecule is CCC(c1ccccc1)N(CC)C(=O)C(O)C(O)C(=O)NCc1ccc(-c2ccncc2C#N)cc1. The smallest absolute Gasteiger partial charge is 0.255 e. The van der Waals surface area contributed by atoms with E-state index in [1.165, 1.54) is 11.1 Å². The first kappa shape index (κ1) is 26.5. The van der Waals surface area contributed by atoms with Gasteiger partial charge in [-0.2, -0.15) is 5.26 Å². The highest BCUT2D eigenvalue weighted by molar-refractivity contribution is 5.91. The van der Waals surface area contributed by atoms with E-state index in [4.69, 9.17) is 0 Å². The van der Waals surface area contributed by atoms with Gasteiger partial charge in [0.15, 0.2) is 12.2 Å². The average Bonchev–Trinajstić information content (AvgIpc) is 2.94. The van der Waals surface area contributed by atoms with Crippen LogP contribution in [0.15, 0.2) is 73.1 Å². The van der Waals surface area contributed by atoms with E-state index in [9.17, 15) is 25.1 Å². The minimum absolute atomic E-state index is 0.0949. The highest BCUT2D eigenvalue weighted by atomic mass is 16.3. The third kappa shape index (κ3) is 6.13. The number of aliphatic hydroxyl groups excluding tert-OH is 2. The van der Waals surface area contributed by atoms with Gasteiger partial charge in [-0.3, -0.25) is 14.6 Å². The Bertz CT molecular complexity index is 1210. The fourth-order valence-electron chi connectivity index (χ4n) is 4.12. The van der Waals surface area contributed by atoms with Crippen LogP contribution in [0.1, 0.15) is 43.0 Å². The van der Waals surface area contributed by atoms with E-state index in [1.807, 2.05) is 49.4 Å². The van der Waals surface area contributed by atoms with Crippen LogP contribution in [0.3, 0.4) is 0 Å². The molecule has 1 aromatic heterocycles. The van der Waals surface area contributed by atoms with Crippen molar-refractivity contribution in [3.63, 3.8) is 0 Å². The number of aromatic nitrogens is 1. The number of amides is 2. The van der Waals surface area contributed by atoms with Crippen LogP contribution >= 0.6 is 0 Å². The molecule has 0 aliphatic carbocycles. The summed E-state index contributed by atoms with van der Waals surface area (Å²) in [6, 6.07) is 20.2. The number of benzene rings is 2. The molecule has 0 fully saturated rings. The molecule has 0 saturated heterocycles. The molecule has 186 valence electrons. The number of rotatable bonds is 10. The molecular formula is C28H30N4O4. The molecule has 0 aliphatic heterocycles. The first-order chi connectivity index (χ1) is 17.4. The summed E-state index contributed by atoms with van der Waals surface area (Å²) in [6.07, 6.45) is -0.0697. The summed E-state index contributed by atoms with van der Waals surface area (Å²) in [5.74, 6) is -1.55. The molecule has 3 N–H and O–H groups in total. The number of carbonyl (C=O) groups is 2. The number of pyridine rings is 1. The summed E-state index contributed by atoms with van der Waals surface area (Å²) in [7, 11) is 0. The molecule has 8 heteroatoms. The minimum atomic E-state index is -1.91. The largest absolute Gasteiger partial charge is 0.380 e. The summed E-state index contributed by atoms with van der Waals surface area (Å²) in [5.41, 5.74) is 3.70. The predicted octanol–water partition coefficient (Wildman–Crippen LogP) is 2.96. The summed E-state index contributed by atoms with van der Waals surface area (Å²) < 4.78 is 0. The van der Waals surface area contributed by atoms with Crippen LogP contribution in [0.2, 0.25) is 0 Å². The molecule has 3 atom stereocenters. The van der Waals surface area contributed by atoms with E-state index in [1.54, 1.807) is 31.3 Å². The normalized spacial score (nSPS) is 13.2. The fourth-order valence-corrected chi connectivity index (χ4v) is 4.12. The zero-order chi connectivity index (χ0) is 26.1. The molecule has 3 unspecified atom stereocenters. The van der Waals surface area contributed by atoms with Gasteiger partial charge < -0.3 is 20.4 Å². The molecular weight excluding hydrogens is 456 g/mol. The second-order valence-electron chi connectivity index (χ2n) is 8.30. The van der Waals surface area contributed by atoms with Crippen molar-refractivity contribution in [3.8, 4) is 17.2 Å². The van der Waals surface area contributed by atoms with E-state index in [-0.39, 0.29) is 12.6 Å². The Morgan fingerprint density at radius 3 is 2.33 bits per heavy atom. The number of likely N-dealkylation sites (N-methyl/N-ethyl adjacent to an activating group) is 1. The summed E-state index contributed by atoms with van der Waals surface area (Å²) >= 11 is 0. The monoisotopic (exact) mass is 486 g/mol. The molecule has 0 bridgehead atoms. The van der Waals surface area contributed by atoms with Gasteiger partial charge in [-0.15, -0.1) is 0 Å². The van der Waals surface area contributed by atoms with Gasteiger partial charge in [0, 0.05) is 31.0 Å². The van der Waals surface area contributed by atoms with Crippen LogP contribution in [0.25, 0.3) is 11.1 Å². The Labute approximate surface area is 210 Å².